The average molecular weight is 268 g/mol. The van der Waals surface area contributed by atoms with Crippen LogP contribution in [0.25, 0.3) is 0 Å². The van der Waals surface area contributed by atoms with Crippen LogP contribution in [0.4, 0.5) is 0 Å². The molecule has 90 valence electrons. The van der Waals surface area contributed by atoms with Gasteiger partial charge in [-0.15, -0.1) is 41.0 Å². The predicted molar refractivity (Wildman–Crippen MR) is 73.6 cm³/mol. The summed E-state index contributed by atoms with van der Waals surface area (Å²) in [4.78, 5) is 0. The molecule has 1 heteroatoms. The van der Waals surface area contributed by atoms with Gasteiger partial charge in [0.15, 0.2) is 0 Å². The minimum Gasteiger partial charge on any atom is -1.00 e. The zero-order valence-corrected chi connectivity index (χ0v) is 11.8. The van der Waals surface area contributed by atoms with E-state index < -0.39 is 0 Å². The van der Waals surface area contributed by atoms with Gasteiger partial charge in [-0.25, -0.2) is 0 Å². The molecule has 0 saturated carbocycles. The Morgan fingerprint density at radius 3 is 1.83 bits per heavy atom. The maximum Gasteiger partial charge on any atom is 0 e. The maximum atomic E-state index is 2.24. The van der Waals surface area contributed by atoms with Gasteiger partial charge in [0.25, 0.3) is 0 Å². The number of benzene rings is 1. The van der Waals surface area contributed by atoms with E-state index in [9.17, 15) is 0 Å². The van der Waals surface area contributed by atoms with Crippen LogP contribution in [0.1, 0.15) is 19.8 Å². The molecule has 0 heterocycles. The molecule has 0 N–H and O–H groups in total. The first-order valence-corrected chi connectivity index (χ1v) is 6.09. The van der Waals surface area contributed by atoms with Gasteiger partial charge in [-0.1, -0.05) is 48.4 Å². The molecular weight excluding hydrogens is 252 g/mol. The summed E-state index contributed by atoms with van der Waals surface area (Å²) >= 11 is 0. The van der Waals surface area contributed by atoms with E-state index in [1.807, 2.05) is 0 Å². The van der Waals surface area contributed by atoms with Crippen LogP contribution in [0.5, 0.6) is 0 Å². The summed E-state index contributed by atoms with van der Waals surface area (Å²) < 4.78 is 0. The molecule has 0 fully saturated rings. The number of hydrogen-bond acceptors (Lipinski definition) is 0. The van der Waals surface area contributed by atoms with Crippen molar-refractivity contribution < 1.29 is 23.1 Å². The quantitative estimate of drug-likeness (QED) is 0.559. The first kappa shape index (κ1) is 13.2. The van der Waals surface area contributed by atoms with Crippen molar-refractivity contribution >= 4 is 0 Å². The van der Waals surface area contributed by atoms with Crippen LogP contribution >= 0.6 is 0 Å². The van der Waals surface area contributed by atoms with Gasteiger partial charge in [0, 0.05) is 21.7 Å². The molecule has 0 saturated heterocycles. The molecule has 0 unspecified atom stereocenters. The molecule has 0 amide bonds. The first-order valence-electron chi connectivity index (χ1n) is 6.09. The fraction of sp³-hybridized carbons (Fsp3) is 0.118. The average Bonchev–Trinajstić information content (AvgIpc) is 3.04. The SMILES string of the molecule is C1=CCC([C-](C2=CC=CC2)c2ccccc2)=C1.[H-].[Ti]. The molecular formula is C17H16Ti-2. The fourth-order valence-corrected chi connectivity index (χ4v) is 2.45. The van der Waals surface area contributed by atoms with Crippen molar-refractivity contribution in [2.24, 2.45) is 0 Å². The van der Waals surface area contributed by atoms with Gasteiger partial charge in [0.05, 0.1) is 0 Å². The van der Waals surface area contributed by atoms with Gasteiger partial charge < -0.3 is 1.43 Å². The van der Waals surface area contributed by atoms with E-state index in [0.717, 1.165) is 12.8 Å². The molecule has 2 aliphatic rings. The van der Waals surface area contributed by atoms with E-state index in [1.54, 1.807) is 0 Å². The Kier molecular flexibility index (Phi) is 4.46. The third kappa shape index (κ3) is 2.61. The van der Waals surface area contributed by atoms with Gasteiger partial charge in [-0.05, 0) is 12.8 Å². The molecule has 3 rings (SSSR count). The topological polar surface area (TPSA) is 0 Å². The second-order valence-corrected chi connectivity index (χ2v) is 4.39. The van der Waals surface area contributed by atoms with Crippen molar-refractivity contribution in [1.29, 1.82) is 0 Å². The third-order valence-electron chi connectivity index (χ3n) is 3.25. The Bertz CT molecular complexity index is 493. The molecule has 2 aliphatic carbocycles. The van der Waals surface area contributed by atoms with Crippen LogP contribution in [0, 0.1) is 5.92 Å². The van der Waals surface area contributed by atoms with Crippen LogP contribution < -0.4 is 0 Å². The second kappa shape index (κ2) is 6.08. The number of allylic oxidation sites excluding steroid dienone is 8. The zero-order valence-electron chi connectivity index (χ0n) is 11.3. The van der Waals surface area contributed by atoms with E-state index in [-0.39, 0.29) is 23.1 Å². The van der Waals surface area contributed by atoms with Crippen molar-refractivity contribution in [3.63, 3.8) is 0 Å². The van der Waals surface area contributed by atoms with Crippen molar-refractivity contribution in [2.45, 2.75) is 12.8 Å². The second-order valence-electron chi connectivity index (χ2n) is 4.39. The van der Waals surface area contributed by atoms with Crippen LogP contribution in [0.15, 0.2) is 77.9 Å². The van der Waals surface area contributed by atoms with Crippen LogP contribution in [-0.2, 0) is 21.7 Å². The minimum atomic E-state index is 0. The first-order chi connectivity index (χ1) is 8.45. The van der Waals surface area contributed by atoms with Crippen LogP contribution in [0.2, 0.25) is 0 Å². The van der Waals surface area contributed by atoms with Gasteiger partial charge >= 0.3 is 0 Å². The van der Waals surface area contributed by atoms with E-state index >= 15 is 0 Å². The molecule has 0 nitrogen and oxygen atoms in total. The van der Waals surface area contributed by atoms with Crippen molar-refractivity contribution in [3.05, 3.63) is 89.4 Å². The molecule has 0 spiro atoms. The maximum absolute atomic E-state index is 2.24. The third-order valence-corrected chi connectivity index (χ3v) is 3.25. The smallest absolute Gasteiger partial charge is 0 e. The number of hydrogen-bond donors (Lipinski definition) is 0. The predicted octanol–water partition coefficient (Wildman–Crippen LogP) is 4.49. The molecule has 0 aliphatic heterocycles. The van der Waals surface area contributed by atoms with Crippen LogP contribution in [0.3, 0.4) is 0 Å². The summed E-state index contributed by atoms with van der Waals surface area (Å²) in [7, 11) is 0. The van der Waals surface area contributed by atoms with E-state index in [4.69, 9.17) is 0 Å². The molecule has 0 radical (unpaired) electrons. The zero-order chi connectivity index (χ0) is 11.5. The van der Waals surface area contributed by atoms with E-state index in [1.165, 1.54) is 22.6 Å². The number of rotatable bonds is 3. The van der Waals surface area contributed by atoms with E-state index in [2.05, 4.69) is 66.8 Å². The van der Waals surface area contributed by atoms with Crippen molar-refractivity contribution in [1.82, 2.24) is 0 Å². The molecule has 0 bridgehead atoms. The van der Waals surface area contributed by atoms with Gasteiger partial charge in [-0.3, -0.25) is 0 Å². The Balaban J connectivity index is 0.000000902. The Hall–Kier alpha value is -1.24. The Morgan fingerprint density at radius 2 is 1.39 bits per heavy atom. The summed E-state index contributed by atoms with van der Waals surface area (Å²) in [6, 6.07) is 10.7. The minimum absolute atomic E-state index is 0. The van der Waals surface area contributed by atoms with E-state index in [0.29, 0.717) is 0 Å². The normalized spacial score (nSPS) is 16.2. The molecule has 0 atom stereocenters. The van der Waals surface area contributed by atoms with Gasteiger partial charge in [0.1, 0.15) is 0 Å². The van der Waals surface area contributed by atoms with Gasteiger partial charge in [0.2, 0.25) is 0 Å². The van der Waals surface area contributed by atoms with Crippen LogP contribution in [-0.4, -0.2) is 0 Å². The molecule has 1 aromatic carbocycles. The van der Waals surface area contributed by atoms with Gasteiger partial charge in [-0.2, -0.15) is 0 Å². The Labute approximate surface area is 125 Å². The summed E-state index contributed by atoms with van der Waals surface area (Å²) in [6.07, 6.45) is 15.3. The fourth-order valence-electron chi connectivity index (χ4n) is 2.45. The molecule has 0 aromatic heterocycles. The summed E-state index contributed by atoms with van der Waals surface area (Å²) in [5, 5.41) is 0. The largest absolute Gasteiger partial charge is 1.00 e. The monoisotopic (exact) mass is 268 g/mol. The standard InChI is InChI=1S/C17H15.Ti.H/c1-2-8-14(9-3-1)17(15-10-4-5-11-15)16-12-6-7-13-16;;/h1-10,12H,11,13H2;;/q-1;;-1. The summed E-state index contributed by atoms with van der Waals surface area (Å²) in [5.41, 5.74) is 4.20. The summed E-state index contributed by atoms with van der Waals surface area (Å²) in [6.45, 7) is 0. The van der Waals surface area contributed by atoms with Crippen molar-refractivity contribution in [2.75, 3.05) is 0 Å². The molecule has 18 heavy (non-hydrogen) atoms. The Morgan fingerprint density at radius 1 is 0.833 bits per heavy atom. The van der Waals surface area contributed by atoms with Crippen molar-refractivity contribution in [3.8, 4) is 0 Å². The molecule has 1 aromatic rings. The summed E-state index contributed by atoms with van der Waals surface area (Å²) in [5.74, 6) is 1.42.